The zero-order valence-electron chi connectivity index (χ0n) is 10.5. The molecule has 0 aromatic carbocycles. The highest BCUT2D eigenvalue weighted by atomic mass is 79.9. The number of carbonyl (C=O) groups is 2. The van der Waals surface area contributed by atoms with Gasteiger partial charge in [-0.05, 0) is 40.8 Å². The second-order valence-corrected chi connectivity index (χ2v) is 5.79. The molecule has 5 nitrogen and oxygen atoms in total. The fourth-order valence-electron chi connectivity index (χ4n) is 2.31. The van der Waals surface area contributed by atoms with E-state index in [1.54, 1.807) is 12.3 Å². The highest BCUT2D eigenvalue weighted by molar-refractivity contribution is 9.10. The number of pyridine rings is 1. The molecule has 1 aromatic heterocycles. The number of halogens is 1. The fourth-order valence-corrected chi connectivity index (χ4v) is 2.68. The van der Waals surface area contributed by atoms with Crippen molar-refractivity contribution in [3.8, 4) is 0 Å². The van der Waals surface area contributed by atoms with Gasteiger partial charge in [0.25, 0.3) is 5.91 Å². The first-order valence-electron chi connectivity index (χ1n) is 6.13. The molecule has 2 rings (SSSR count). The number of amides is 1. The molecule has 2 atom stereocenters. The lowest BCUT2D eigenvalue weighted by Crippen LogP contribution is -2.49. The van der Waals surface area contributed by atoms with E-state index in [2.05, 4.69) is 20.9 Å². The van der Waals surface area contributed by atoms with Gasteiger partial charge in [0.1, 0.15) is 6.04 Å². The van der Waals surface area contributed by atoms with Gasteiger partial charge in [-0.3, -0.25) is 9.78 Å². The van der Waals surface area contributed by atoms with Crippen molar-refractivity contribution in [3.63, 3.8) is 0 Å². The summed E-state index contributed by atoms with van der Waals surface area (Å²) < 4.78 is 0.704. The first-order valence-corrected chi connectivity index (χ1v) is 6.92. The Morgan fingerprint density at radius 3 is 2.84 bits per heavy atom. The zero-order valence-corrected chi connectivity index (χ0v) is 12.1. The molecule has 1 fully saturated rings. The average molecular weight is 327 g/mol. The van der Waals surface area contributed by atoms with Crippen LogP contribution in [-0.2, 0) is 4.79 Å². The molecule has 0 saturated carbocycles. The van der Waals surface area contributed by atoms with Gasteiger partial charge in [0.2, 0.25) is 0 Å². The van der Waals surface area contributed by atoms with Gasteiger partial charge in [-0.15, -0.1) is 0 Å². The summed E-state index contributed by atoms with van der Waals surface area (Å²) in [6, 6.07) is 0.918. The van der Waals surface area contributed by atoms with Gasteiger partial charge in [0.05, 0.1) is 5.56 Å². The number of aliphatic carboxylic acids is 1. The van der Waals surface area contributed by atoms with Crippen LogP contribution in [-0.4, -0.2) is 39.5 Å². The maximum atomic E-state index is 12.4. The maximum Gasteiger partial charge on any atom is 0.326 e. The van der Waals surface area contributed by atoms with Gasteiger partial charge in [-0.25, -0.2) is 4.79 Å². The zero-order chi connectivity index (χ0) is 14.0. The molecule has 1 N–H and O–H groups in total. The van der Waals surface area contributed by atoms with Crippen molar-refractivity contribution < 1.29 is 14.7 Å². The number of aromatic nitrogens is 1. The molecule has 1 aromatic rings. The topological polar surface area (TPSA) is 70.5 Å². The van der Waals surface area contributed by atoms with E-state index in [4.69, 9.17) is 0 Å². The number of carboxylic acids is 1. The van der Waals surface area contributed by atoms with Crippen LogP contribution in [0, 0.1) is 5.92 Å². The molecule has 2 heterocycles. The van der Waals surface area contributed by atoms with Crippen LogP contribution in [0.25, 0.3) is 0 Å². The minimum absolute atomic E-state index is 0.270. The van der Waals surface area contributed by atoms with Crippen molar-refractivity contribution in [1.82, 2.24) is 9.88 Å². The van der Waals surface area contributed by atoms with E-state index in [9.17, 15) is 14.7 Å². The van der Waals surface area contributed by atoms with Crippen LogP contribution in [0.4, 0.5) is 0 Å². The molecule has 1 amide bonds. The smallest absolute Gasteiger partial charge is 0.326 e. The molecule has 1 aliphatic heterocycles. The normalized spacial score (nSPS) is 23.2. The molecule has 0 radical (unpaired) electrons. The van der Waals surface area contributed by atoms with Crippen molar-refractivity contribution in [2.45, 2.75) is 25.8 Å². The summed E-state index contributed by atoms with van der Waals surface area (Å²) in [5, 5.41) is 9.26. The molecule has 102 valence electrons. The fraction of sp³-hybridized carbons (Fsp3) is 0.462. The largest absolute Gasteiger partial charge is 0.480 e. The van der Waals surface area contributed by atoms with E-state index in [0.717, 1.165) is 6.42 Å². The number of hydrogen-bond donors (Lipinski definition) is 1. The lowest BCUT2D eigenvalue weighted by molar-refractivity contribution is -0.144. The van der Waals surface area contributed by atoms with E-state index < -0.39 is 12.0 Å². The number of likely N-dealkylation sites (tertiary alicyclic amines) is 1. The van der Waals surface area contributed by atoms with E-state index >= 15 is 0 Å². The SMILES string of the molecule is CC1CCN(C(=O)c2cncc(Br)c2)C(C(=O)O)C1. The Balaban J connectivity index is 2.24. The molecular formula is C13H15BrN2O3. The molecule has 19 heavy (non-hydrogen) atoms. The number of nitrogens with zero attached hydrogens (tertiary/aromatic N) is 2. The highest BCUT2D eigenvalue weighted by Crippen LogP contribution is 2.24. The van der Waals surface area contributed by atoms with Gasteiger partial charge >= 0.3 is 5.97 Å². The monoisotopic (exact) mass is 326 g/mol. The Bertz CT molecular complexity index is 506. The number of carbonyl (C=O) groups excluding carboxylic acids is 1. The summed E-state index contributed by atoms with van der Waals surface area (Å²) in [5.74, 6) is -0.887. The quantitative estimate of drug-likeness (QED) is 0.904. The standard InChI is InChI=1S/C13H15BrN2O3/c1-8-2-3-16(11(4-8)13(18)19)12(17)9-5-10(14)7-15-6-9/h5-8,11H,2-4H2,1H3,(H,18,19). The Labute approximate surface area is 119 Å². The predicted octanol–water partition coefficient (Wildman–Crippen LogP) is 2.17. The molecule has 0 bridgehead atoms. The van der Waals surface area contributed by atoms with E-state index in [0.29, 0.717) is 28.9 Å². The van der Waals surface area contributed by atoms with E-state index in [-0.39, 0.29) is 5.91 Å². The number of piperidine rings is 1. The number of rotatable bonds is 2. The summed E-state index contributed by atoms with van der Waals surface area (Å²) in [6.07, 6.45) is 4.38. The Hall–Kier alpha value is -1.43. The summed E-state index contributed by atoms with van der Waals surface area (Å²) in [6.45, 7) is 2.49. The highest BCUT2D eigenvalue weighted by Gasteiger charge is 2.35. The van der Waals surface area contributed by atoms with Gasteiger partial charge in [-0.1, -0.05) is 6.92 Å². The Kier molecular flexibility index (Phi) is 4.19. The van der Waals surface area contributed by atoms with Gasteiger partial charge < -0.3 is 10.0 Å². The van der Waals surface area contributed by atoms with Gasteiger partial charge in [-0.2, -0.15) is 0 Å². The average Bonchev–Trinajstić information content (AvgIpc) is 2.37. The number of hydrogen-bond acceptors (Lipinski definition) is 3. The second-order valence-electron chi connectivity index (χ2n) is 4.87. The second kappa shape index (κ2) is 5.69. The van der Waals surface area contributed by atoms with E-state index in [1.807, 2.05) is 6.92 Å². The van der Waals surface area contributed by atoms with Crippen molar-refractivity contribution in [2.24, 2.45) is 5.92 Å². The molecular weight excluding hydrogens is 312 g/mol. The minimum Gasteiger partial charge on any atom is -0.480 e. The first kappa shape index (κ1) is 14.0. The molecule has 0 spiro atoms. The third-order valence-corrected chi connectivity index (χ3v) is 3.80. The summed E-state index contributed by atoms with van der Waals surface area (Å²) in [7, 11) is 0. The van der Waals surface area contributed by atoms with Crippen LogP contribution >= 0.6 is 15.9 Å². The van der Waals surface area contributed by atoms with Crippen LogP contribution < -0.4 is 0 Å². The van der Waals surface area contributed by atoms with Crippen LogP contribution in [0.15, 0.2) is 22.9 Å². The van der Waals surface area contributed by atoms with Gasteiger partial charge in [0.15, 0.2) is 0 Å². The van der Waals surface area contributed by atoms with E-state index in [1.165, 1.54) is 11.1 Å². The lowest BCUT2D eigenvalue weighted by Gasteiger charge is -2.36. The van der Waals surface area contributed by atoms with Crippen LogP contribution in [0.5, 0.6) is 0 Å². The van der Waals surface area contributed by atoms with Crippen molar-refractivity contribution in [1.29, 1.82) is 0 Å². The summed E-state index contributed by atoms with van der Waals surface area (Å²) in [4.78, 5) is 29.0. The molecule has 1 aliphatic rings. The van der Waals surface area contributed by atoms with Crippen LogP contribution in [0.1, 0.15) is 30.1 Å². The minimum atomic E-state index is -0.942. The van der Waals surface area contributed by atoms with Crippen molar-refractivity contribution in [3.05, 3.63) is 28.5 Å². The third-order valence-electron chi connectivity index (χ3n) is 3.36. The van der Waals surface area contributed by atoms with Crippen molar-refractivity contribution in [2.75, 3.05) is 6.54 Å². The van der Waals surface area contributed by atoms with Gasteiger partial charge in [0, 0.05) is 23.4 Å². The third kappa shape index (κ3) is 3.12. The first-order chi connectivity index (χ1) is 8.99. The van der Waals surface area contributed by atoms with Crippen molar-refractivity contribution >= 4 is 27.8 Å². The molecule has 6 heteroatoms. The lowest BCUT2D eigenvalue weighted by atomic mass is 9.92. The molecule has 0 aliphatic carbocycles. The summed E-state index contributed by atoms with van der Waals surface area (Å²) in [5.41, 5.74) is 0.412. The Morgan fingerprint density at radius 1 is 1.47 bits per heavy atom. The maximum absolute atomic E-state index is 12.4. The predicted molar refractivity (Wildman–Crippen MR) is 72.8 cm³/mol. The van der Waals surface area contributed by atoms with Crippen LogP contribution in [0.2, 0.25) is 0 Å². The molecule has 2 unspecified atom stereocenters. The summed E-state index contributed by atoms with van der Waals surface area (Å²) >= 11 is 3.26. The Morgan fingerprint density at radius 2 is 2.21 bits per heavy atom. The molecule has 1 saturated heterocycles. The number of carboxylic acid groups (broad SMARTS) is 1. The van der Waals surface area contributed by atoms with Crippen LogP contribution in [0.3, 0.4) is 0 Å².